The first kappa shape index (κ1) is 15.6. The lowest BCUT2D eigenvalue weighted by Crippen LogP contribution is -2.18. The van der Waals surface area contributed by atoms with Crippen molar-refractivity contribution < 1.29 is 19.0 Å². The number of carbonyl (C=O) groups excluding carboxylic acids is 1. The predicted octanol–water partition coefficient (Wildman–Crippen LogP) is 1.80. The van der Waals surface area contributed by atoms with Crippen LogP contribution in [-0.2, 0) is 14.3 Å². The molecular weight excluding hydrogens is 272 g/mol. The summed E-state index contributed by atoms with van der Waals surface area (Å²) in [4.78, 5) is 11.8. The molecule has 21 heavy (non-hydrogen) atoms. The van der Waals surface area contributed by atoms with E-state index in [1.165, 1.54) is 0 Å². The Balaban J connectivity index is 1.69. The van der Waals surface area contributed by atoms with Crippen molar-refractivity contribution in [1.29, 1.82) is 0 Å². The highest BCUT2D eigenvalue weighted by atomic mass is 16.5. The van der Waals surface area contributed by atoms with Crippen molar-refractivity contribution in [2.24, 2.45) is 0 Å². The van der Waals surface area contributed by atoms with E-state index in [0.29, 0.717) is 30.3 Å². The summed E-state index contributed by atoms with van der Waals surface area (Å²) in [6.45, 7) is 1.74. The van der Waals surface area contributed by atoms with Crippen molar-refractivity contribution >= 4 is 17.3 Å². The number of nitrogen functional groups attached to an aromatic ring is 1. The fourth-order valence-electron chi connectivity index (χ4n) is 2.15. The van der Waals surface area contributed by atoms with Crippen molar-refractivity contribution in [1.82, 2.24) is 0 Å². The number of rotatable bonds is 7. The standard InChI is InChI=1S/C15H22N2O4/c1-19-11-4-5-14(13(16)9-11)17-15(18)6-8-20-10-12-3-2-7-21-12/h4-5,9,12H,2-3,6-8,10,16H2,1H3,(H,17,18). The van der Waals surface area contributed by atoms with Crippen LogP contribution in [0.1, 0.15) is 19.3 Å². The molecule has 1 saturated heterocycles. The number of hydrogen-bond acceptors (Lipinski definition) is 5. The number of ether oxygens (including phenoxy) is 3. The van der Waals surface area contributed by atoms with Crippen LogP contribution >= 0.6 is 0 Å². The average molecular weight is 294 g/mol. The highest BCUT2D eigenvalue weighted by molar-refractivity contribution is 5.94. The minimum atomic E-state index is -0.126. The van der Waals surface area contributed by atoms with Crippen molar-refractivity contribution in [3.8, 4) is 5.75 Å². The first-order valence-electron chi connectivity index (χ1n) is 7.11. The van der Waals surface area contributed by atoms with Gasteiger partial charge in [-0.2, -0.15) is 0 Å². The second-order valence-corrected chi connectivity index (χ2v) is 4.96. The van der Waals surface area contributed by atoms with E-state index < -0.39 is 0 Å². The van der Waals surface area contributed by atoms with Crippen molar-refractivity contribution in [3.05, 3.63) is 18.2 Å². The molecule has 1 atom stereocenters. The number of amides is 1. The van der Waals surface area contributed by atoms with Crippen LogP contribution in [-0.4, -0.2) is 38.9 Å². The second-order valence-electron chi connectivity index (χ2n) is 4.96. The second kappa shape index (κ2) is 7.85. The molecule has 0 radical (unpaired) electrons. The topological polar surface area (TPSA) is 82.8 Å². The van der Waals surface area contributed by atoms with Gasteiger partial charge in [-0.05, 0) is 25.0 Å². The summed E-state index contributed by atoms with van der Waals surface area (Å²) in [5.74, 6) is 0.532. The summed E-state index contributed by atoms with van der Waals surface area (Å²) in [5, 5.41) is 2.76. The maximum absolute atomic E-state index is 11.8. The van der Waals surface area contributed by atoms with Gasteiger partial charge < -0.3 is 25.3 Å². The fraction of sp³-hybridized carbons (Fsp3) is 0.533. The highest BCUT2D eigenvalue weighted by Crippen LogP contribution is 2.24. The summed E-state index contributed by atoms with van der Waals surface area (Å²) < 4.78 is 16.0. The maximum Gasteiger partial charge on any atom is 0.226 e. The van der Waals surface area contributed by atoms with Gasteiger partial charge in [0.15, 0.2) is 0 Å². The van der Waals surface area contributed by atoms with Gasteiger partial charge >= 0.3 is 0 Å². The summed E-state index contributed by atoms with van der Waals surface area (Å²) in [5.41, 5.74) is 6.90. The molecule has 116 valence electrons. The van der Waals surface area contributed by atoms with Gasteiger partial charge in [-0.25, -0.2) is 0 Å². The number of benzene rings is 1. The molecule has 1 aliphatic heterocycles. The zero-order valence-corrected chi connectivity index (χ0v) is 12.3. The Morgan fingerprint density at radius 3 is 3.05 bits per heavy atom. The largest absolute Gasteiger partial charge is 0.497 e. The van der Waals surface area contributed by atoms with Gasteiger partial charge in [0.05, 0.1) is 44.2 Å². The van der Waals surface area contributed by atoms with E-state index >= 15 is 0 Å². The van der Waals surface area contributed by atoms with Crippen LogP contribution in [0.2, 0.25) is 0 Å². The first-order chi connectivity index (χ1) is 10.2. The first-order valence-corrected chi connectivity index (χ1v) is 7.11. The molecular formula is C15H22N2O4. The molecule has 6 nitrogen and oxygen atoms in total. The molecule has 1 fully saturated rings. The molecule has 1 unspecified atom stereocenters. The van der Waals surface area contributed by atoms with Gasteiger partial charge in [-0.15, -0.1) is 0 Å². The molecule has 1 aliphatic rings. The number of anilines is 2. The van der Waals surface area contributed by atoms with Crippen LogP contribution in [0.15, 0.2) is 18.2 Å². The molecule has 0 spiro atoms. The monoisotopic (exact) mass is 294 g/mol. The smallest absolute Gasteiger partial charge is 0.226 e. The van der Waals surface area contributed by atoms with E-state index in [2.05, 4.69) is 5.32 Å². The summed E-state index contributed by atoms with van der Waals surface area (Å²) >= 11 is 0. The van der Waals surface area contributed by atoms with Crippen LogP contribution in [0.25, 0.3) is 0 Å². The van der Waals surface area contributed by atoms with E-state index in [1.807, 2.05) is 0 Å². The SMILES string of the molecule is COc1ccc(NC(=O)CCOCC2CCCO2)c(N)c1. The van der Waals surface area contributed by atoms with Crippen LogP contribution < -0.4 is 15.8 Å². The van der Waals surface area contributed by atoms with Gasteiger partial charge in [0.25, 0.3) is 0 Å². The third-order valence-corrected chi connectivity index (χ3v) is 3.33. The minimum Gasteiger partial charge on any atom is -0.497 e. The normalized spacial score (nSPS) is 17.7. The van der Waals surface area contributed by atoms with E-state index in [4.69, 9.17) is 19.9 Å². The lowest BCUT2D eigenvalue weighted by atomic mass is 10.2. The lowest BCUT2D eigenvalue weighted by molar-refractivity contribution is -0.117. The molecule has 1 aromatic rings. The molecule has 0 bridgehead atoms. The number of nitrogens with one attached hydrogen (secondary N) is 1. The van der Waals surface area contributed by atoms with Crippen molar-refractivity contribution in [2.75, 3.05) is 38.0 Å². The van der Waals surface area contributed by atoms with E-state index in [9.17, 15) is 4.79 Å². The molecule has 6 heteroatoms. The lowest BCUT2D eigenvalue weighted by Gasteiger charge is -2.11. The molecule has 0 aliphatic carbocycles. The minimum absolute atomic E-state index is 0.126. The molecule has 1 aromatic carbocycles. The van der Waals surface area contributed by atoms with Crippen LogP contribution in [0.3, 0.4) is 0 Å². The van der Waals surface area contributed by atoms with Crippen molar-refractivity contribution in [2.45, 2.75) is 25.4 Å². The Bertz CT molecular complexity index is 473. The number of methoxy groups -OCH3 is 1. The van der Waals surface area contributed by atoms with Gasteiger partial charge in [-0.1, -0.05) is 0 Å². The Labute approximate surface area is 124 Å². The summed E-state index contributed by atoms with van der Waals surface area (Å²) in [6, 6.07) is 5.14. The molecule has 1 amide bonds. The zero-order valence-electron chi connectivity index (χ0n) is 12.3. The van der Waals surface area contributed by atoms with Gasteiger partial charge in [0.2, 0.25) is 5.91 Å². The van der Waals surface area contributed by atoms with E-state index in [1.54, 1.807) is 25.3 Å². The Morgan fingerprint density at radius 2 is 2.38 bits per heavy atom. The highest BCUT2D eigenvalue weighted by Gasteiger charge is 2.15. The number of hydrogen-bond donors (Lipinski definition) is 2. The third-order valence-electron chi connectivity index (χ3n) is 3.33. The molecule has 2 rings (SSSR count). The van der Waals surface area contributed by atoms with Gasteiger partial charge in [0, 0.05) is 12.7 Å². The molecule has 0 aromatic heterocycles. The van der Waals surface area contributed by atoms with E-state index in [0.717, 1.165) is 19.4 Å². The summed E-state index contributed by atoms with van der Waals surface area (Å²) in [6.07, 6.45) is 2.60. The fourth-order valence-corrected chi connectivity index (χ4v) is 2.15. The third kappa shape index (κ3) is 4.91. The summed E-state index contributed by atoms with van der Waals surface area (Å²) in [7, 11) is 1.57. The maximum atomic E-state index is 11.8. The number of nitrogens with two attached hydrogens (primary N) is 1. The van der Waals surface area contributed by atoms with Crippen LogP contribution in [0.5, 0.6) is 5.75 Å². The zero-order chi connectivity index (χ0) is 15.1. The van der Waals surface area contributed by atoms with Crippen LogP contribution in [0.4, 0.5) is 11.4 Å². The van der Waals surface area contributed by atoms with Crippen molar-refractivity contribution in [3.63, 3.8) is 0 Å². The number of carbonyl (C=O) groups is 1. The Kier molecular flexibility index (Phi) is 5.83. The average Bonchev–Trinajstić information content (AvgIpc) is 2.99. The predicted molar refractivity (Wildman–Crippen MR) is 80.4 cm³/mol. The molecule has 0 saturated carbocycles. The quantitative estimate of drug-likeness (QED) is 0.592. The van der Waals surface area contributed by atoms with Gasteiger partial charge in [-0.3, -0.25) is 4.79 Å². The van der Waals surface area contributed by atoms with E-state index in [-0.39, 0.29) is 18.4 Å². The molecule has 1 heterocycles. The van der Waals surface area contributed by atoms with Gasteiger partial charge in [0.1, 0.15) is 5.75 Å². The molecule has 3 N–H and O–H groups in total. The Morgan fingerprint density at radius 1 is 1.52 bits per heavy atom. The Hall–Kier alpha value is -1.79. The van der Waals surface area contributed by atoms with Crippen LogP contribution in [0, 0.1) is 0 Å².